The third kappa shape index (κ3) is 2.69. The van der Waals surface area contributed by atoms with E-state index in [1.54, 1.807) is 13.0 Å². The molecule has 1 aliphatic rings. The van der Waals surface area contributed by atoms with Crippen LogP contribution in [0.15, 0.2) is 12.2 Å². The molecule has 0 saturated carbocycles. The van der Waals surface area contributed by atoms with E-state index >= 15 is 0 Å². The minimum absolute atomic E-state index is 0.140. The van der Waals surface area contributed by atoms with Gasteiger partial charge in [-0.3, -0.25) is 9.59 Å². The maximum Gasteiger partial charge on any atom is 0.309 e. The summed E-state index contributed by atoms with van der Waals surface area (Å²) in [6.45, 7) is 4.06. The largest absolute Gasteiger partial charge is 0.466 e. The number of carbonyl (C=O) groups is 2. The lowest BCUT2D eigenvalue weighted by molar-refractivity contribution is -0.149. The van der Waals surface area contributed by atoms with Crippen molar-refractivity contribution >= 4 is 11.8 Å². The standard InChI is InChI=1S/C11H16O3/c1-3-14-11(13)8(2)9-4-6-10(12)7-5-9/h4,6,8-9H,3,5,7H2,1-2H3/t8-,9+/m1/s1. The summed E-state index contributed by atoms with van der Waals surface area (Å²) < 4.78 is 4.93. The summed E-state index contributed by atoms with van der Waals surface area (Å²) in [5.74, 6) is -0.000132. The van der Waals surface area contributed by atoms with Gasteiger partial charge in [-0.25, -0.2) is 0 Å². The lowest BCUT2D eigenvalue weighted by Crippen LogP contribution is -2.24. The SMILES string of the molecule is CCOC(=O)[C@H](C)[C@H]1C=CC(=O)CC1. The van der Waals surface area contributed by atoms with Gasteiger partial charge in [0.25, 0.3) is 0 Å². The highest BCUT2D eigenvalue weighted by atomic mass is 16.5. The van der Waals surface area contributed by atoms with Crippen LogP contribution in [-0.2, 0) is 14.3 Å². The van der Waals surface area contributed by atoms with Gasteiger partial charge in [0.2, 0.25) is 0 Å². The second-order valence-corrected chi connectivity index (χ2v) is 3.57. The molecule has 0 aromatic heterocycles. The van der Waals surface area contributed by atoms with Gasteiger partial charge in [-0.2, -0.15) is 0 Å². The molecule has 78 valence electrons. The van der Waals surface area contributed by atoms with Gasteiger partial charge in [0, 0.05) is 6.42 Å². The first-order valence-corrected chi connectivity index (χ1v) is 5.02. The average Bonchev–Trinajstić information content (AvgIpc) is 2.18. The highest BCUT2D eigenvalue weighted by molar-refractivity contribution is 5.90. The first-order chi connectivity index (χ1) is 6.65. The van der Waals surface area contributed by atoms with Crippen molar-refractivity contribution in [2.24, 2.45) is 11.8 Å². The van der Waals surface area contributed by atoms with Crippen LogP contribution in [0.25, 0.3) is 0 Å². The summed E-state index contributed by atoms with van der Waals surface area (Å²) in [6, 6.07) is 0. The third-order valence-electron chi connectivity index (χ3n) is 2.55. The first kappa shape index (κ1) is 11.0. The zero-order chi connectivity index (χ0) is 10.6. The molecule has 0 unspecified atom stereocenters. The Hall–Kier alpha value is -1.12. The lowest BCUT2D eigenvalue weighted by atomic mass is 9.85. The molecule has 1 rings (SSSR count). The quantitative estimate of drug-likeness (QED) is 0.645. The molecule has 0 radical (unpaired) electrons. The number of rotatable bonds is 3. The van der Waals surface area contributed by atoms with Crippen LogP contribution in [0.1, 0.15) is 26.7 Å². The molecule has 0 saturated heterocycles. The fourth-order valence-corrected chi connectivity index (χ4v) is 1.58. The molecule has 0 bridgehead atoms. The van der Waals surface area contributed by atoms with Gasteiger partial charge >= 0.3 is 5.97 Å². The number of hydrogen-bond acceptors (Lipinski definition) is 3. The number of allylic oxidation sites excluding steroid dienone is 2. The van der Waals surface area contributed by atoms with Crippen LogP contribution in [0, 0.1) is 11.8 Å². The van der Waals surface area contributed by atoms with E-state index in [-0.39, 0.29) is 23.6 Å². The molecule has 0 heterocycles. The second-order valence-electron chi connectivity index (χ2n) is 3.57. The lowest BCUT2D eigenvalue weighted by Gasteiger charge is -2.21. The number of ketones is 1. The van der Waals surface area contributed by atoms with E-state index in [2.05, 4.69) is 0 Å². The highest BCUT2D eigenvalue weighted by Gasteiger charge is 2.25. The van der Waals surface area contributed by atoms with Crippen molar-refractivity contribution in [3.63, 3.8) is 0 Å². The number of carbonyl (C=O) groups excluding carboxylic acids is 2. The van der Waals surface area contributed by atoms with Crippen LogP contribution in [0.4, 0.5) is 0 Å². The molecule has 3 heteroatoms. The molecule has 14 heavy (non-hydrogen) atoms. The van der Waals surface area contributed by atoms with Crippen LogP contribution in [0.3, 0.4) is 0 Å². The van der Waals surface area contributed by atoms with Crippen molar-refractivity contribution in [3.05, 3.63) is 12.2 Å². The Morgan fingerprint density at radius 2 is 2.43 bits per heavy atom. The van der Waals surface area contributed by atoms with Crippen LogP contribution in [-0.4, -0.2) is 18.4 Å². The molecule has 0 aliphatic heterocycles. The molecular weight excluding hydrogens is 180 g/mol. The fraction of sp³-hybridized carbons (Fsp3) is 0.636. The molecule has 1 aliphatic carbocycles. The topological polar surface area (TPSA) is 43.4 Å². The van der Waals surface area contributed by atoms with Gasteiger partial charge in [0.05, 0.1) is 12.5 Å². The predicted octanol–water partition coefficient (Wildman–Crippen LogP) is 1.72. The molecule has 0 amide bonds. The Balaban J connectivity index is 2.52. The van der Waals surface area contributed by atoms with E-state index in [9.17, 15) is 9.59 Å². The smallest absolute Gasteiger partial charge is 0.309 e. The van der Waals surface area contributed by atoms with Crippen molar-refractivity contribution in [2.45, 2.75) is 26.7 Å². The van der Waals surface area contributed by atoms with Gasteiger partial charge in [0.15, 0.2) is 5.78 Å². The Labute approximate surface area is 84.1 Å². The molecule has 0 aromatic carbocycles. The maximum atomic E-state index is 11.4. The van der Waals surface area contributed by atoms with Gasteiger partial charge in [-0.1, -0.05) is 13.0 Å². The predicted molar refractivity (Wildman–Crippen MR) is 52.7 cm³/mol. The van der Waals surface area contributed by atoms with E-state index in [4.69, 9.17) is 4.74 Å². The monoisotopic (exact) mass is 196 g/mol. The van der Waals surface area contributed by atoms with E-state index < -0.39 is 0 Å². The van der Waals surface area contributed by atoms with Crippen molar-refractivity contribution in [3.8, 4) is 0 Å². The van der Waals surface area contributed by atoms with Crippen LogP contribution in [0.5, 0.6) is 0 Å². The molecule has 0 aromatic rings. The van der Waals surface area contributed by atoms with Crippen molar-refractivity contribution in [2.75, 3.05) is 6.61 Å². The molecular formula is C11H16O3. The van der Waals surface area contributed by atoms with Gasteiger partial charge in [0.1, 0.15) is 0 Å². The van der Waals surface area contributed by atoms with E-state index in [0.717, 1.165) is 6.42 Å². The Morgan fingerprint density at radius 1 is 1.71 bits per heavy atom. The minimum Gasteiger partial charge on any atom is -0.466 e. The molecule has 0 fully saturated rings. The zero-order valence-electron chi connectivity index (χ0n) is 8.66. The van der Waals surface area contributed by atoms with Crippen molar-refractivity contribution in [1.82, 2.24) is 0 Å². The third-order valence-corrected chi connectivity index (χ3v) is 2.55. The molecule has 0 spiro atoms. The minimum atomic E-state index is -0.170. The zero-order valence-corrected chi connectivity index (χ0v) is 8.66. The molecule has 0 N–H and O–H groups in total. The van der Waals surface area contributed by atoms with Crippen LogP contribution in [0.2, 0.25) is 0 Å². The summed E-state index contributed by atoms with van der Waals surface area (Å²) in [6.07, 6.45) is 4.71. The summed E-state index contributed by atoms with van der Waals surface area (Å²) >= 11 is 0. The number of esters is 1. The number of ether oxygens (including phenoxy) is 1. The van der Waals surface area contributed by atoms with E-state index in [1.807, 2.05) is 13.0 Å². The summed E-state index contributed by atoms with van der Waals surface area (Å²) in [4.78, 5) is 22.3. The molecule has 3 nitrogen and oxygen atoms in total. The summed E-state index contributed by atoms with van der Waals surface area (Å²) in [5, 5.41) is 0. The second kappa shape index (κ2) is 4.94. The Kier molecular flexibility index (Phi) is 3.86. The summed E-state index contributed by atoms with van der Waals surface area (Å²) in [7, 11) is 0. The van der Waals surface area contributed by atoms with E-state index in [1.165, 1.54) is 0 Å². The first-order valence-electron chi connectivity index (χ1n) is 5.02. The fourth-order valence-electron chi connectivity index (χ4n) is 1.58. The van der Waals surface area contributed by atoms with Gasteiger partial charge in [-0.15, -0.1) is 0 Å². The summed E-state index contributed by atoms with van der Waals surface area (Å²) in [5.41, 5.74) is 0. The van der Waals surface area contributed by atoms with Gasteiger partial charge < -0.3 is 4.74 Å². The van der Waals surface area contributed by atoms with Crippen molar-refractivity contribution < 1.29 is 14.3 Å². The Bertz CT molecular complexity index is 255. The van der Waals surface area contributed by atoms with E-state index in [0.29, 0.717) is 13.0 Å². The Morgan fingerprint density at radius 3 is 2.93 bits per heavy atom. The maximum absolute atomic E-state index is 11.4. The average molecular weight is 196 g/mol. The van der Waals surface area contributed by atoms with Crippen molar-refractivity contribution in [1.29, 1.82) is 0 Å². The number of hydrogen-bond donors (Lipinski definition) is 0. The van der Waals surface area contributed by atoms with Crippen LogP contribution < -0.4 is 0 Å². The molecule has 2 atom stereocenters. The van der Waals surface area contributed by atoms with Crippen LogP contribution >= 0.6 is 0 Å². The van der Waals surface area contributed by atoms with Gasteiger partial charge in [-0.05, 0) is 25.3 Å². The normalized spacial score (nSPS) is 23.3. The highest BCUT2D eigenvalue weighted by Crippen LogP contribution is 2.24.